The van der Waals surface area contributed by atoms with Gasteiger partial charge in [-0.05, 0) is 6.42 Å². The summed E-state index contributed by atoms with van der Waals surface area (Å²) in [6.07, 6.45) is -7.96. The molecule has 0 aromatic carbocycles. The predicted octanol–water partition coefficient (Wildman–Crippen LogP) is -5.99. The Balaban J connectivity index is 0.00000211. The van der Waals surface area contributed by atoms with Crippen LogP contribution < -0.4 is 17.2 Å². The summed E-state index contributed by atoms with van der Waals surface area (Å²) in [4.78, 5) is 0. The van der Waals surface area contributed by atoms with Gasteiger partial charge >= 0.3 is 0 Å². The van der Waals surface area contributed by atoms with E-state index in [2.05, 4.69) is 6.42 Å². The summed E-state index contributed by atoms with van der Waals surface area (Å²) < 4.78 is 22.1. The van der Waals surface area contributed by atoms with Crippen LogP contribution in [0.5, 0.6) is 0 Å². The summed E-state index contributed by atoms with van der Waals surface area (Å²) in [7, 11) is 0. The van der Waals surface area contributed by atoms with Gasteiger partial charge in [0.1, 0.15) is 54.9 Å². The first-order valence-corrected chi connectivity index (χ1v) is 11.0. The Morgan fingerprint density at radius 2 is 1.33 bits per heavy atom. The number of aliphatic hydroxyl groups excluding tert-OH is 7. The second kappa shape index (κ2) is 15.0. The Bertz CT molecular complexity index is 631. The zero-order chi connectivity index (χ0) is 26.6. The number of nitrogens with two attached hydrogens (primary N) is 3. The van der Waals surface area contributed by atoms with Gasteiger partial charge in [0.15, 0.2) is 12.6 Å². The summed E-state index contributed by atoms with van der Waals surface area (Å²) in [6, 6.07) is -3.19. The first-order chi connectivity index (χ1) is 16.5. The average molecular weight is 597 g/mol. The molecule has 1 saturated carbocycles. The molecule has 14 N–H and O–H groups in total. The van der Waals surface area contributed by atoms with Crippen LogP contribution in [0.2, 0.25) is 0 Å². The van der Waals surface area contributed by atoms with Crippen LogP contribution in [0.15, 0.2) is 0 Å². The van der Waals surface area contributed by atoms with Crippen molar-refractivity contribution < 1.29 is 87.4 Å². The first-order valence-electron chi connectivity index (χ1n) is 11.0. The molecule has 15 nitrogen and oxygen atoms in total. The normalized spacial score (nSPS) is 49.3. The monoisotopic (exact) mass is 597 g/mol. The number of rotatable bonds is 6. The summed E-state index contributed by atoms with van der Waals surface area (Å²) in [5.41, 5.74) is 25.6. The number of terminal acetylenes is 1. The number of hydrogen-bond donors (Lipinski definition) is 10. The SMILES string of the molecule is [C-]#C.[NH-][C@H]1CC(N)[C@@H](O[C@H]2OC(CN)[C@@H](O)C(O)[C@@H]2O)C(O)[C@@H]1OC1O[C@H](CO)[C@H](O)C(N)[C@@H]1O.[Y]. The zero-order valence-electron chi connectivity index (χ0n) is 19.4. The van der Waals surface area contributed by atoms with Gasteiger partial charge in [-0.3, -0.25) is 0 Å². The van der Waals surface area contributed by atoms with Crippen LogP contribution in [0.25, 0.3) is 5.73 Å². The molecule has 36 heavy (non-hydrogen) atoms. The number of nitrogens with one attached hydrogen (secondary N) is 1. The fraction of sp³-hybridized carbons (Fsp3) is 0.900. The van der Waals surface area contributed by atoms with E-state index in [9.17, 15) is 35.7 Å². The molecule has 2 aliphatic heterocycles. The second-order valence-electron chi connectivity index (χ2n) is 8.73. The minimum atomic E-state index is -1.68. The molecule has 2 saturated heterocycles. The van der Waals surface area contributed by atoms with Crippen molar-refractivity contribution in [1.29, 1.82) is 0 Å². The van der Waals surface area contributed by atoms with Crippen molar-refractivity contribution in [2.75, 3.05) is 13.2 Å². The van der Waals surface area contributed by atoms with Gasteiger partial charge in [0.2, 0.25) is 0 Å². The van der Waals surface area contributed by atoms with Gasteiger partial charge in [-0.1, -0.05) is 0 Å². The average Bonchev–Trinajstić information content (AvgIpc) is 2.85. The first kappa shape index (κ1) is 34.1. The molecule has 207 valence electrons. The minimum Gasteiger partial charge on any atom is -0.697 e. The molecule has 0 amide bonds. The van der Waals surface area contributed by atoms with Crippen LogP contribution in [-0.2, 0) is 51.7 Å². The zero-order valence-corrected chi connectivity index (χ0v) is 22.3. The van der Waals surface area contributed by atoms with E-state index in [-0.39, 0.29) is 45.7 Å². The molecule has 0 bridgehead atoms. The quantitative estimate of drug-likeness (QED) is 0.101. The van der Waals surface area contributed by atoms with Gasteiger partial charge in [-0.15, -0.1) is 6.04 Å². The molecule has 1 aliphatic carbocycles. The van der Waals surface area contributed by atoms with Crippen LogP contribution in [0.3, 0.4) is 0 Å². The molecule has 15 atom stereocenters. The Morgan fingerprint density at radius 3 is 1.89 bits per heavy atom. The molecule has 3 rings (SSSR count). The smallest absolute Gasteiger partial charge is 0.187 e. The van der Waals surface area contributed by atoms with Gasteiger partial charge in [0.05, 0.1) is 18.8 Å². The largest absolute Gasteiger partial charge is 0.697 e. The van der Waals surface area contributed by atoms with E-state index in [0.717, 1.165) is 0 Å². The Labute approximate surface area is 233 Å². The molecular weight excluding hydrogens is 561 g/mol. The topological polar surface area (TPSA) is 280 Å². The summed E-state index contributed by atoms with van der Waals surface area (Å²) in [6.45, 7) is -0.789. The van der Waals surface area contributed by atoms with Crippen molar-refractivity contribution in [3.8, 4) is 6.42 Å². The minimum absolute atomic E-state index is 0. The summed E-state index contributed by atoms with van der Waals surface area (Å²) in [5, 5.41) is 70.8. The Morgan fingerprint density at radius 1 is 0.806 bits per heavy atom. The van der Waals surface area contributed by atoms with Crippen molar-refractivity contribution >= 4 is 0 Å². The maximum Gasteiger partial charge on any atom is 0.187 e. The van der Waals surface area contributed by atoms with Crippen LogP contribution in [0.4, 0.5) is 0 Å². The van der Waals surface area contributed by atoms with E-state index >= 15 is 0 Å². The fourth-order valence-corrected chi connectivity index (χ4v) is 4.36. The van der Waals surface area contributed by atoms with E-state index in [0.29, 0.717) is 0 Å². The third kappa shape index (κ3) is 7.17. The van der Waals surface area contributed by atoms with E-state index in [1.807, 2.05) is 0 Å². The molecule has 16 heteroatoms. The summed E-state index contributed by atoms with van der Waals surface area (Å²) in [5.74, 6) is 0. The van der Waals surface area contributed by atoms with Gasteiger partial charge in [-0.2, -0.15) is 0 Å². The van der Waals surface area contributed by atoms with E-state index in [4.69, 9.17) is 48.3 Å². The molecule has 2 heterocycles. The third-order valence-corrected chi connectivity index (χ3v) is 6.44. The molecule has 3 fully saturated rings. The van der Waals surface area contributed by atoms with Gasteiger partial charge < -0.3 is 90.5 Å². The number of aliphatic hydroxyl groups is 7. The predicted molar refractivity (Wildman–Crippen MR) is 116 cm³/mol. The fourth-order valence-electron chi connectivity index (χ4n) is 4.36. The molecule has 0 aromatic rings. The second-order valence-corrected chi connectivity index (χ2v) is 8.73. The van der Waals surface area contributed by atoms with E-state index in [1.54, 1.807) is 0 Å². The molecule has 3 aliphatic rings. The Hall–Kier alpha value is 0.0639. The molecule has 1 radical (unpaired) electrons. The van der Waals surface area contributed by atoms with Crippen molar-refractivity contribution in [1.82, 2.24) is 0 Å². The Kier molecular flexibility index (Phi) is 14.2. The van der Waals surface area contributed by atoms with Crippen LogP contribution in [0, 0.1) is 12.8 Å². The maximum absolute atomic E-state index is 10.9. The molecular formula is C20H36N4O11Y-2. The number of hydrogen-bond acceptors (Lipinski definition) is 14. The molecule has 6 unspecified atom stereocenters. The van der Waals surface area contributed by atoms with Crippen molar-refractivity contribution in [2.24, 2.45) is 17.2 Å². The maximum atomic E-state index is 10.9. The van der Waals surface area contributed by atoms with Crippen LogP contribution in [-0.4, -0.2) is 141 Å². The van der Waals surface area contributed by atoms with Gasteiger partial charge in [0, 0.05) is 45.3 Å². The molecule has 0 spiro atoms. The van der Waals surface area contributed by atoms with Crippen LogP contribution in [0.1, 0.15) is 6.42 Å². The third-order valence-electron chi connectivity index (χ3n) is 6.44. The molecule has 0 aromatic heterocycles. The van der Waals surface area contributed by atoms with Gasteiger partial charge in [-0.25, -0.2) is 0 Å². The number of ether oxygens (including phenoxy) is 4. The van der Waals surface area contributed by atoms with E-state index < -0.39 is 98.4 Å². The van der Waals surface area contributed by atoms with Crippen molar-refractivity contribution in [3.63, 3.8) is 0 Å². The summed E-state index contributed by atoms with van der Waals surface area (Å²) >= 11 is 0. The van der Waals surface area contributed by atoms with E-state index in [1.165, 1.54) is 0 Å². The standard InChI is InChI=1S/C18H35N4O11.C2H.Y/c19-2-6-10(25)12(27)13(28)18(30-6)33-16-5(21)1-4(20)15(14(16)29)32-17-11(26)8(22)9(24)7(3-23)31-17;1-2;/h4-18,20,23-29H,1-3,19,21-22H2;1H;/q2*-1;/t4-,5?,6?,7+,8?,9-,10+,11-,12?,13-,14?,15+,16+,17?,18+;;/m0../s1. The van der Waals surface area contributed by atoms with Crippen molar-refractivity contribution in [2.45, 2.75) is 98.2 Å². The van der Waals surface area contributed by atoms with Crippen LogP contribution >= 0.6 is 0 Å². The van der Waals surface area contributed by atoms with Crippen molar-refractivity contribution in [3.05, 3.63) is 12.2 Å². The van der Waals surface area contributed by atoms with Gasteiger partial charge in [0.25, 0.3) is 0 Å².